The highest BCUT2D eigenvalue weighted by molar-refractivity contribution is 5.39. The van der Waals surface area contributed by atoms with Gasteiger partial charge < -0.3 is 4.90 Å². The molecule has 0 bridgehead atoms. The smallest absolute Gasteiger partial charge is 0.0371 e. The molecule has 0 amide bonds. The minimum absolute atomic E-state index is 0.231. The number of hydrogen-bond acceptors (Lipinski definition) is 1. The first kappa shape index (κ1) is 15.4. The Morgan fingerprint density at radius 1 is 1.30 bits per heavy atom. The molecule has 1 aliphatic carbocycles. The second kappa shape index (κ2) is 5.79. The van der Waals surface area contributed by atoms with Crippen molar-refractivity contribution in [2.45, 2.75) is 72.4 Å². The van der Waals surface area contributed by atoms with Crippen molar-refractivity contribution < 1.29 is 0 Å². The zero-order valence-corrected chi connectivity index (χ0v) is 14.1. The topological polar surface area (TPSA) is 3.24 Å². The van der Waals surface area contributed by atoms with E-state index in [0.717, 1.165) is 12.3 Å². The largest absolute Gasteiger partial charge is 0.363 e. The van der Waals surface area contributed by atoms with Crippen LogP contribution in [-0.2, 0) is 0 Å². The van der Waals surface area contributed by atoms with Gasteiger partial charge in [-0.2, -0.15) is 0 Å². The van der Waals surface area contributed by atoms with Crippen LogP contribution in [0.25, 0.3) is 0 Å². The molecule has 0 aromatic carbocycles. The number of allylic oxidation sites excluding steroid dienone is 4. The van der Waals surface area contributed by atoms with E-state index in [9.17, 15) is 0 Å². The van der Waals surface area contributed by atoms with Crippen LogP contribution in [-0.4, -0.2) is 16.5 Å². The highest BCUT2D eigenvalue weighted by atomic mass is 15.2. The van der Waals surface area contributed by atoms with Gasteiger partial charge in [-0.1, -0.05) is 45.4 Å². The molecular weight excluding hydrogens is 242 g/mol. The van der Waals surface area contributed by atoms with Crippen LogP contribution in [0.15, 0.2) is 35.6 Å². The van der Waals surface area contributed by atoms with Crippen molar-refractivity contribution in [1.82, 2.24) is 4.90 Å². The third-order valence-corrected chi connectivity index (χ3v) is 5.31. The van der Waals surface area contributed by atoms with Crippen LogP contribution in [0.2, 0.25) is 0 Å². The third-order valence-electron chi connectivity index (χ3n) is 5.31. The number of hydrogen-bond donors (Lipinski definition) is 0. The Labute approximate surface area is 125 Å². The Balaban J connectivity index is 2.32. The van der Waals surface area contributed by atoms with Crippen molar-refractivity contribution in [3.05, 3.63) is 35.6 Å². The van der Waals surface area contributed by atoms with Crippen molar-refractivity contribution in [3.63, 3.8) is 0 Å². The maximum absolute atomic E-state index is 2.70. The van der Waals surface area contributed by atoms with Gasteiger partial charge >= 0.3 is 0 Å². The maximum atomic E-state index is 2.70. The van der Waals surface area contributed by atoms with E-state index >= 15 is 0 Å². The highest BCUT2D eigenvalue weighted by Crippen LogP contribution is 2.43. The van der Waals surface area contributed by atoms with Gasteiger partial charge in [0.1, 0.15) is 0 Å². The molecule has 20 heavy (non-hydrogen) atoms. The summed E-state index contributed by atoms with van der Waals surface area (Å²) in [7, 11) is 0. The third kappa shape index (κ3) is 2.73. The lowest BCUT2D eigenvalue weighted by Crippen LogP contribution is -2.47. The number of rotatable bonds is 4. The van der Waals surface area contributed by atoms with Gasteiger partial charge in [-0.05, 0) is 57.1 Å². The van der Waals surface area contributed by atoms with Crippen molar-refractivity contribution in [1.29, 1.82) is 0 Å². The van der Waals surface area contributed by atoms with Crippen LogP contribution in [0.4, 0.5) is 0 Å². The van der Waals surface area contributed by atoms with Gasteiger partial charge in [0.25, 0.3) is 0 Å². The summed E-state index contributed by atoms with van der Waals surface area (Å²) in [5.41, 5.74) is 3.34. The molecule has 3 atom stereocenters. The summed E-state index contributed by atoms with van der Waals surface area (Å²) in [5.74, 6) is 1.44. The second-order valence-electron chi connectivity index (χ2n) is 7.33. The SMILES string of the molecule is CCC(C)CC(C)(C)N1C2=C(CC=CC=C2)C(C)C1C. The van der Waals surface area contributed by atoms with Gasteiger partial charge in [0.15, 0.2) is 0 Å². The predicted molar refractivity (Wildman–Crippen MR) is 88.5 cm³/mol. The molecule has 3 unspecified atom stereocenters. The van der Waals surface area contributed by atoms with Crippen LogP contribution >= 0.6 is 0 Å². The number of nitrogens with zero attached hydrogens (tertiary/aromatic N) is 1. The van der Waals surface area contributed by atoms with E-state index in [1.807, 2.05) is 0 Å². The summed E-state index contributed by atoms with van der Waals surface area (Å²) in [4.78, 5) is 2.70. The molecule has 1 nitrogen and oxygen atoms in total. The van der Waals surface area contributed by atoms with Gasteiger partial charge in [-0.25, -0.2) is 0 Å². The lowest BCUT2D eigenvalue weighted by Gasteiger charge is -2.44. The maximum Gasteiger partial charge on any atom is 0.0371 e. The highest BCUT2D eigenvalue weighted by Gasteiger charge is 2.41. The van der Waals surface area contributed by atoms with Crippen LogP contribution in [0, 0.1) is 11.8 Å². The second-order valence-corrected chi connectivity index (χ2v) is 7.33. The van der Waals surface area contributed by atoms with Crippen molar-refractivity contribution in [2.24, 2.45) is 11.8 Å². The Bertz CT molecular complexity index is 439. The first-order valence-electron chi connectivity index (χ1n) is 8.24. The molecule has 2 aliphatic rings. The van der Waals surface area contributed by atoms with E-state index in [1.165, 1.54) is 18.5 Å². The average Bonchev–Trinajstić information content (AvgIpc) is 2.58. The molecule has 0 aromatic heterocycles. The molecule has 1 heteroatoms. The van der Waals surface area contributed by atoms with Crippen molar-refractivity contribution >= 4 is 0 Å². The van der Waals surface area contributed by atoms with Crippen LogP contribution in [0.3, 0.4) is 0 Å². The summed E-state index contributed by atoms with van der Waals surface area (Å²) in [6.07, 6.45) is 12.7. The minimum atomic E-state index is 0.231. The molecule has 1 heterocycles. The lowest BCUT2D eigenvalue weighted by atomic mass is 9.87. The Kier molecular flexibility index (Phi) is 4.46. The fraction of sp³-hybridized carbons (Fsp3) is 0.684. The summed E-state index contributed by atoms with van der Waals surface area (Å²) >= 11 is 0. The van der Waals surface area contributed by atoms with E-state index in [0.29, 0.717) is 12.0 Å². The van der Waals surface area contributed by atoms with E-state index in [1.54, 1.807) is 5.57 Å². The Morgan fingerprint density at radius 3 is 2.65 bits per heavy atom. The molecular formula is C19H31N. The van der Waals surface area contributed by atoms with Crippen LogP contribution in [0.5, 0.6) is 0 Å². The molecule has 0 spiro atoms. The lowest BCUT2D eigenvalue weighted by molar-refractivity contribution is 0.100. The molecule has 0 N–H and O–H groups in total. The van der Waals surface area contributed by atoms with Gasteiger partial charge in [0.05, 0.1) is 0 Å². The van der Waals surface area contributed by atoms with Gasteiger partial charge in [-0.15, -0.1) is 0 Å². The molecule has 0 radical (unpaired) electrons. The molecule has 0 fully saturated rings. The minimum Gasteiger partial charge on any atom is -0.363 e. The fourth-order valence-electron chi connectivity index (χ4n) is 3.99. The normalized spacial score (nSPS) is 27.8. The molecule has 1 aliphatic heterocycles. The van der Waals surface area contributed by atoms with E-state index < -0.39 is 0 Å². The molecule has 112 valence electrons. The van der Waals surface area contributed by atoms with E-state index in [-0.39, 0.29) is 5.54 Å². The summed E-state index contributed by atoms with van der Waals surface area (Å²) in [6.45, 7) is 14.3. The zero-order valence-electron chi connectivity index (χ0n) is 14.1. The molecule has 0 aromatic rings. The van der Waals surface area contributed by atoms with Gasteiger partial charge in [-0.3, -0.25) is 0 Å². The molecule has 0 saturated heterocycles. The van der Waals surface area contributed by atoms with Crippen LogP contribution < -0.4 is 0 Å². The van der Waals surface area contributed by atoms with Crippen LogP contribution in [0.1, 0.15) is 60.8 Å². The summed E-state index contributed by atoms with van der Waals surface area (Å²) in [5, 5.41) is 0. The van der Waals surface area contributed by atoms with Crippen molar-refractivity contribution in [3.8, 4) is 0 Å². The summed E-state index contributed by atoms with van der Waals surface area (Å²) < 4.78 is 0. The predicted octanol–water partition coefficient (Wildman–Crippen LogP) is 5.31. The fourth-order valence-corrected chi connectivity index (χ4v) is 3.99. The van der Waals surface area contributed by atoms with Gasteiger partial charge in [0, 0.05) is 17.3 Å². The van der Waals surface area contributed by atoms with E-state index in [4.69, 9.17) is 0 Å². The quantitative estimate of drug-likeness (QED) is 0.671. The average molecular weight is 273 g/mol. The Morgan fingerprint density at radius 2 is 2.00 bits per heavy atom. The Hall–Kier alpha value is -0.980. The molecule has 0 saturated carbocycles. The molecule has 2 rings (SSSR count). The standard InChI is InChI=1S/C19H31N/c1-7-14(2)13-19(5,6)20-16(4)15(3)17-11-9-8-10-12-18(17)20/h8-10,12,14-16H,7,11,13H2,1-6H3. The summed E-state index contributed by atoms with van der Waals surface area (Å²) in [6, 6.07) is 0.607. The van der Waals surface area contributed by atoms with Gasteiger partial charge in [0.2, 0.25) is 0 Å². The first-order valence-corrected chi connectivity index (χ1v) is 8.24. The van der Waals surface area contributed by atoms with Crippen molar-refractivity contribution in [2.75, 3.05) is 0 Å². The monoisotopic (exact) mass is 273 g/mol. The van der Waals surface area contributed by atoms with E-state index in [2.05, 4.69) is 70.7 Å². The zero-order chi connectivity index (χ0) is 14.9. The first-order chi connectivity index (χ1) is 9.38.